The number of likely N-dealkylation sites (tertiary alicyclic amines) is 1. The molecule has 0 aliphatic carbocycles. The zero-order chi connectivity index (χ0) is 13.5. The molecule has 1 atom stereocenters. The first-order chi connectivity index (χ1) is 9.31. The van der Waals surface area contributed by atoms with Gasteiger partial charge in [-0.15, -0.1) is 0 Å². The summed E-state index contributed by atoms with van der Waals surface area (Å²) in [6.45, 7) is 0.835. The maximum absolute atomic E-state index is 12.3. The SMILES string of the molecule is O=C(CCc1cnccn1)N1CCCCCC1CO. The number of aromatic nitrogens is 2. The van der Waals surface area contributed by atoms with Crippen LogP contribution in [-0.2, 0) is 11.2 Å². The van der Waals surface area contributed by atoms with Gasteiger partial charge >= 0.3 is 0 Å². The third-order valence-electron chi connectivity index (χ3n) is 3.62. The van der Waals surface area contributed by atoms with Gasteiger partial charge in [0, 0.05) is 31.6 Å². The lowest BCUT2D eigenvalue weighted by Crippen LogP contribution is -2.42. The van der Waals surface area contributed by atoms with Crippen molar-refractivity contribution in [3.8, 4) is 0 Å². The molecule has 1 N–H and O–H groups in total. The van der Waals surface area contributed by atoms with E-state index >= 15 is 0 Å². The number of aliphatic hydroxyl groups excluding tert-OH is 1. The Morgan fingerprint density at radius 1 is 1.37 bits per heavy atom. The summed E-state index contributed by atoms with van der Waals surface area (Å²) in [5.41, 5.74) is 0.839. The third-order valence-corrected chi connectivity index (χ3v) is 3.62. The van der Waals surface area contributed by atoms with Crippen molar-refractivity contribution in [2.45, 2.75) is 44.6 Å². The molecule has 19 heavy (non-hydrogen) atoms. The quantitative estimate of drug-likeness (QED) is 0.885. The van der Waals surface area contributed by atoms with Crippen molar-refractivity contribution in [1.29, 1.82) is 0 Å². The molecule has 0 radical (unpaired) electrons. The van der Waals surface area contributed by atoms with Crippen molar-refractivity contribution in [2.24, 2.45) is 0 Å². The molecule has 0 spiro atoms. The Hall–Kier alpha value is -1.49. The van der Waals surface area contributed by atoms with Crippen LogP contribution in [0.25, 0.3) is 0 Å². The molecule has 2 heterocycles. The smallest absolute Gasteiger partial charge is 0.223 e. The molecule has 1 aromatic heterocycles. The molecular weight excluding hydrogens is 242 g/mol. The molecule has 0 saturated carbocycles. The van der Waals surface area contributed by atoms with E-state index in [4.69, 9.17) is 0 Å². The van der Waals surface area contributed by atoms with Crippen molar-refractivity contribution in [3.05, 3.63) is 24.3 Å². The molecule has 1 aliphatic heterocycles. The summed E-state index contributed by atoms with van der Waals surface area (Å²) in [6, 6.07) is -0.00291. The van der Waals surface area contributed by atoms with Crippen molar-refractivity contribution < 1.29 is 9.90 Å². The Morgan fingerprint density at radius 3 is 3.00 bits per heavy atom. The summed E-state index contributed by atoms with van der Waals surface area (Å²) in [5, 5.41) is 9.40. The van der Waals surface area contributed by atoms with E-state index < -0.39 is 0 Å². The topological polar surface area (TPSA) is 66.3 Å². The second kappa shape index (κ2) is 7.19. The van der Waals surface area contributed by atoms with Crippen LogP contribution in [0, 0.1) is 0 Å². The van der Waals surface area contributed by atoms with Crippen LogP contribution in [0.2, 0.25) is 0 Å². The normalized spacial score (nSPS) is 20.1. The van der Waals surface area contributed by atoms with E-state index in [-0.39, 0.29) is 18.6 Å². The summed E-state index contributed by atoms with van der Waals surface area (Å²) in [6.07, 6.45) is 10.2. The van der Waals surface area contributed by atoms with Crippen LogP contribution < -0.4 is 0 Å². The van der Waals surface area contributed by atoms with E-state index in [0.29, 0.717) is 12.8 Å². The summed E-state index contributed by atoms with van der Waals surface area (Å²) in [7, 11) is 0. The number of nitrogens with zero attached hydrogens (tertiary/aromatic N) is 3. The van der Waals surface area contributed by atoms with Crippen molar-refractivity contribution in [3.63, 3.8) is 0 Å². The molecule has 1 unspecified atom stereocenters. The van der Waals surface area contributed by atoms with Gasteiger partial charge in [-0.1, -0.05) is 12.8 Å². The number of aryl methyl sites for hydroxylation is 1. The van der Waals surface area contributed by atoms with Crippen LogP contribution in [0.1, 0.15) is 37.8 Å². The molecule has 1 aliphatic rings. The minimum absolute atomic E-state index is 0.00291. The highest BCUT2D eigenvalue weighted by Gasteiger charge is 2.24. The molecule has 5 nitrogen and oxygen atoms in total. The number of hydrogen-bond acceptors (Lipinski definition) is 4. The summed E-state index contributed by atoms with van der Waals surface area (Å²) < 4.78 is 0. The lowest BCUT2D eigenvalue weighted by Gasteiger charge is -2.28. The highest BCUT2D eigenvalue weighted by Crippen LogP contribution is 2.17. The first kappa shape index (κ1) is 13.9. The highest BCUT2D eigenvalue weighted by molar-refractivity contribution is 5.76. The van der Waals surface area contributed by atoms with E-state index in [0.717, 1.165) is 37.9 Å². The van der Waals surface area contributed by atoms with E-state index in [2.05, 4.69) is 9.97 Å². The molecule has 1 amide bonds. The van der Waals surface area contributed by atoms with Gasteiger partial charge in [0.05, 0.1) is 18.3 Å². The predicted octanol–water partition coefficient (Wildman–Crippen LogP) is 1.17. The molecule has 1 saturated heterocycles. The van der Waals surface area contributed by atoms with Gasteiger partial charge < -0.3 is 10.0 Å². The average Bonchev–Trinajstić information content (AvgIpc) is 2.71. The highest BCUT2D eigenvalue weighted by atomic mass is 16.3. The van der Waals surface area contributed by atoms with E-state index in [9.17, 15) is 9.90 Å². The lowest BCUT2D eigenvalue weighted by atomic mass is 10.1. The monoisotopic (exact) mass is 263 g/mol. The molecule has 0 aromatic carbocycles. The fourth-order valence-electron chi connectivity index (χ4n) is 2.53. The number of hydrogen-bond donors (Lipinski definition) is 1. The van der Waals surface area contributed by atoms with Crippen LogP contribution in [0.5, 0.6) is 0 Å². The molecule has 5 heteroatoms. The van der Waals surface area contributed by atoms with Crippen LogP contribution in [-0.4, -0.2) is 45.1 Å². The second-order valence-electron chi connectivity index (χ2n) is 4.97. The summed E-state index contributed by atoms with van der Waals surface area (Å²) in [4.78, 5) is 22.3. The van der Waals surface area contributed by atoms with E-state index in [1.165, 1.54) is 0 Å². The van der Waals surface area contributed by atoms with Gasteiger partial charge in [0.2, 0.25) is 5.91 Å². The molecule has 104 valence electrons. The first-order valence-electron chi connectivity index (χ1n) is 6.96. The number of rotatable bonds is 4. The Bertz CT molecular complexity index is 397. The van der Waals surface area contributed by atoms with Gasteiger partial charge in [-0.05, 0) is 19.3 Å². The van der Waals surface area contributed by atoms with Gasteiger partial charge in [-0.25, -0.2) is 0 Å². The average molecular weight is 263 g/mol. The van der Waals surface area contributed by atoms with Crippen LogP contribution in [0.3, 0.4) is 0 Å². The second-order valence-corrected chi connectivity index (χ2v) is 4.97. The van der Waals surface area contributed by atoms with Gasteiger partial charge in [0.1, 0.15) is 0 Å². The summed E-state index contributed by atoms with van der Waals surface area (Å²) >= 11 is 0. The number of carbonyl (C=O) groups excluding carboxylic acids is 1. The molecule has 2 rings (SSSR count). The maximum Gasteiger partial charge on any atom is 0.223 e. The minimum Gasteiger partial charge on any atom is -0.394 e. The zero-order valence-corrected chi connectivity index (χ0v) is 11.2. The third kappa shape index (κ3) is 3.99. The van der Waals surface area contributed by atoms with E-state index in [1.807, 2.05) is 4.90 Å². The largest absolute Gasteiger partial charge is 0.394 e. The number of carbonyl (C=O) groups is 1. The Morgan fingerprint density at radius 2 is 2.26 bits per heavy atom. The van der Waals surface area contributed by atoms with Crippen molar-refractivity contribution in [2.75, 3.05) is 13.2 Å². The maximum atomic E-state index is 12.3. The lowest BCUT2D eigenvalue weighted by molar-refractivity contribution is -0.134. The fourth-order valence-corrected chi connectivity index (χ4v) is 2.53. The molecule has 1 fully saturated rings. The summed E-state index contributed by atoms with van der Waals surface area (Å²) in [5.74, 6) is 0.117. The van der Waals surface area contributed by atoms with Crippen LogP contribution >= 0.6 is 0 Å². The predicted molar refractivity (Wildman–Crippen MR) is 71.4 cm³/mol. The number of aliphatic hydroxyl groups is 1. The fraction of sp³-hybridized carbons (Fsp3) is 0.643. The standard InChI is InChI=1S/C14H21N3O2/c18-11-13-4-2-1-3-9-17(13)14(19)6-5-12-10-15-7-8-16-12/h7-8,10,13,18H,1-6,9,11H2. The van der Waals surface area contributed by atoms with Crippen molar-refractivity contribution >= 4 is 5.91 Å². The number of amides is 1. The van der Waals surface area contributed by atoms with Crippen molar-refractivity contribution in [1.82, 2.24) is 14.9 Å². The Labute approximate surface area is 113 Å². The zero-order valence-electron chi connectivity index (χ0n) is 11.2. The van der Waals surface area contributed by atoms with Gasteiger partial charge in [-0.3, -0.25) is 14.8 Å². The molecule has 1 aromatic rings. The van der Waals surface area contributed by atoms with Gasteiger partial charge in [-0.2, -0.15) is 0 Å². The molecular formula is C14H21N3O2. The van der Waals surface area contributed by atoms with Crippen LogP contribution in [0.15, 0.2) is 18.6 Å². The van der Waals surface area contributed by atoms with Gasteiger partial charge in [0.25, 0.3) is 0 Å². The van der Waals surface area contributed by atoms with E-state index in [1.54, 1.807) is 18.6 Å². The Balaban J connectivity index is 1.90. The molecule has 0 bridgehead atoms. The Kier molecular flexibility index (Phi) is 5.27. The van der Waals surface area contributed by atoms with Gasteiger partial charge in [0.15, 0.2) is 0 Å². The van der Waals surface area contributed by atoms with Crippen LogP contribution in [0.4, 0.5) is 0 Å². The minimum atomic E-state index is -0.00291. The first-order valence-corrected chi connectivity index (χ1v) is 6.96.